The van der Waals surface area contributed by atoms with E-state index < -0.39 is 0 Å². The van der Waals surface area contributed by atoms with E-state index in [1.165, 1.54) is 19.3 Å². The minimum Gasteiger partial charge on any atom is -0.508 e. The van der Waals surface area contributed by atoms with Crippen molar-refractivity contribution in [2.75, 3.05) is 0 Å². The van der Waals surface area contributed by atoms with Crippen molar-refractivity contribution in [3.8, 4) is 5.75 Å². The Kier molecular flexibility index (Phi) is 3.87. The molecule has 1 aliphatic rings. The van der Waals surface area contributed by atoms with E-state index in [4.69, 9.17) is 0 Å². The zero-order valence-electron chi connectivity index (χ0n) is 9.54. The van der Waals surface area contributed by atoms with Gasteiger partial charge in [0.15, 0.2) is 0 Å². The fourth-order valence-corrected chi connectivity index (χ4v) is 2.46. The molecule has 16 heavy (non-hydrogen) atoms. The molecule has 0 saturated heterocycles. The average Bonchev–Trinajstić information content (AvgIpc) is 2.17. The molecule has 0 aliphatic heterocycles. The number of phenols is 1. The molecule has 1 fully saturated rings. The zero-order chi connectivity index (χ0) is 11.5. The Hall–Kier alpha value is -0.540. The summed E-state index contributed by atoms with van der Waals surface area (Å²) >= 11 is 3.50. The summed E-state index contributed by atoms with van der Waals surface area (Å²) < 4.78 is 1.05. The first-order valence-electron chi connectivity index (χ1n) is 5.87. The molecule has 2 nitrogen and oxygen atoms in total. The summed E-state index contributed by atoms with van der Waals surface area (Å²) in [7, 11) is 0. The molecule has 0 spiro atoms. The molecule has 1 saturated carbocycles. The Morgan fingerprint density at radius 1 is 1.50 bits per heavy atom. The van der Waals surface area contributed by atoms with Crippen molar-refractivity contribution in [3.05, 3.63) is 28.2 Å². The van der Waals surface area contributed by atoms with Crippen molar-refractivity contribution in [2.24, 2.45) is 5.92 Å². The van der Waals surface area contributed by atoms with Crippen molar-refractivity contribution >= 4 is 15.9 Å². The van der Waals surface area contributed by atoms with Crippen LogP contribution in [0.4, 0.5) is 0 Å². The van der Waals surface area contributed by atoms with Crippen LogP contribution >= 0.6 is 15.9 Å². The normalized spacial score (nSPS) is 18.1. The second-order valence-electron chi connectivity index (χ2n) is 4.64. The van der Waals surface area contributed by atoms with Crippen LogP contribution < -0.4 is 5.32 Å². The first kappa shape index (κ1) is 11.9. The lowest BCUT2D eigenvalue weighted by atomic mass is 9.80. The first-order chi connectivity index (χ1) is 7.66. The Morgan fingerprint density at radius 2 is 2.25 bits per heavy atom. The summed E-state index contributed by atoms with van der Waals surface area (Å²) in [4.78, 5) is 0. The SMILES string of the molecule is CC(NCc1cc(O)ccc1Br)C1CCC1. The fourth-order valence-electron chi connectivity index (χ4n) is 2.07. The first-order valence-corrected chi connectivity index (χ1v) is 6.67. The number of phenolic OH excluding ortho intramolecular Hbond substituents is 1. The predicted octanol–water partition coefficient (Wildman–Crippen LogP) is 3.43. The maximum Gasteiger partial charge on any atom is 0.115 e. The van der Waals surface area contributed by atoms with Crippen LogP contribution in [0.5, 0.6) is 5.75 Å². The number of aromatic hydroxyl groups is 1. The molecule has 0 bridgehead atoms. The van der Waals surface area contributed by atoms with E-state index in [1.54, 1.807) is 6.07 Å². The van der Waals surface area contributed by atoms with Gasteiger partial charge in [0.25, 0.3) is 0 Å². The van der Waals surface area contributed by atoms with Crippen LogP contribution in [0.2, 0.25) is 0 Å². The van der Waals surface area contributed by atoms with E-state index in [-0.39, 0.29) is 0 Å². The molecule has 1 aromatic rings. The summed E-state index contributed by atoms with van der Waals surface area (Å²) in [6.45, 7) is 3.06. The summed E-state index contributed by atoms with van der Waals surface area (Å²) in [6, 6.07) is 5.97. The number of nitrogens with one attached hydrogen (secondary N) is 1. The van der Waals surface area contributed by atoms with Crippen LogP contribution in [0.25, 0.3) is 0 Å². The molecule has 1 aliphatic carbocycles. The van der Waals surface area contributed by atoms with E-state index in [1.807, 2.05) is 12.1 Å². The van der Waals surface area contributed by atoms with Crippen molar-refractivity contribution in [1.29, 1.82) is 0 Å². The number of hydrogen-bond donors (Lipinski definition) is 2. The largest absolute Gasteiger partial charge is 0.508 e. The Bertz CT molecular complexity index is 363. The zero-order valence-corrected chi connectivity index (χ0v) is 11.1. The monoisotopic (exact) mass is 283 g/mol. The van der Waals surface area contributed by atoms with Crippen molar-refractivity contribution < 1.29 is 5.11 Å². The van der Waals surface area contributed by atoms with Gasteiger partial charge in [-0.1, -0.05) is 22.4 Å². The maximum atomic E-state index is 9.42. The Morgan fingerprint density at radius 3 is 2.88 bits per heavy atom. The Balaban J connectivity index is 1.90. The predicted molar refractivity (Wildman–Crippen MR) is 69.4 cm³/mol. The molecular weight excluding hydrogens is 266 g/mol. The molecule has 3 heteroatoms. The van der Waals surface area contributed by atoms with E-state index in [0.717, 1.165) is 22.5 Å². The minimum atomic E-state index is 0.330. The highest BCUT2D eigenvalue weighted by Crippen LogP contribution is 2.30. The van der Waals surface area contributed by atoms with Crippen molar-refractivity contribution in [1.82, 2.24) is 5.32 Å². The molecule has 2 rings (SSSR count). The van der Waals surface area contributed by atoms with Crippen LogP contribution in [0.1, 0.15) is 31.7 Å². The third-order valence-corrected chi connectivity index (χ3v) is 4.27. The molecule has 1 aromatic carbocycles. The summed E-state index contributed by atoms with van der Waals surface area (Å²) in [5, 5.41) is 12.9. The number of halogens is 1. The molecule has 1 atom stereocenters. The lowest BCUT2D eigenvalue weighted by Crippen LogP contribution is -2.36. The van der Waals surface area contributed by atoms with Gasteiger partial charge in [-0.15, -0.1) is 0 Å². The molecular formula is C13H18BrNO. The standard InChI is InChI=1S/C13H18BrNO/c1-9(10-3-2-4-10)15-8-11-7-12(16)5-6-13(11)14/h5-7,9-10,15-16H,2-4,8H2,1H3. The Labute approximate surface area is 105 Å². The van der Waals surface area contributed by atoms with Gasteiger partial charge < -0.3 is 10.4 Å². The number of benzene rings is 1. The van der Waals surface area contributed by atoms with E-state index >= 15 is 0 Å². The van der Waals surface area contributed by atoms with Gasteiger partial charge in [0.2, 0.25) is 0 Å². The minimum absolute atomic E-state index is 0.330. The average molecular weight is 284 g/mol. The van der Waals surface area contributed by atoms with Gasteiger partial charge in [0.05, 0.1) is 0 Å². The van der Waals surface area contributed by atoms with Gasteiger partial charge in [-0.2, -0.15) is 0 Å². The van der Waals surface area contributed by atoms with Crippen LogP contribution in [0.15, 0.2) is 22.7 Å². The van der Waals surface area contributed by atoms with Crippen molar-refractivity contribution in [3.63, 3.8) is 0 Å². The number of hydrogen-bond acceptors (Lipinski definition) is 2. The van der Waals surface area contributed by atoms with Crippen LogP contribution in [-0.2, 0) is 6.54 Å². The third kappa shape index (κ3) is 2.77. The lowest BCUT2D eigenvalue weighted by Gasteiger charge is -2.32. The fraction of sp³-hybridized carbons (Fsp3) is 0.538. The van der Waals surface area contributed by atoms with Gasteiger partial charge in [0, 0.05) is 17.1 Å². The summed E-state index contributed by atoms with van der Waals surface area (Å²) in [5.74, 6) is 1.17. The maximum absolute atomic E-state index is 9.42. The highest BCUT2D eigenvalue weighted by molar-refractivity contribution is 9.10. The molecule has 0 amide bonds. The van der Waals surface area contributed by atoms with E-state index in [0.29, 0.717) is 11.8 Å². The van der Waals surface area contributed by atoms with Crippen LogP contribution in [0.3, 0.4) is 0 Å². The van der Waals surface area contributed by atoms with Gasteiger partial charge in [-0.05, 0) is 49.4 Å². The van der Waals surface area contributed by atoms with Gasteiger partial charge in [0.1, 0.15) is 5.75 Å². The highest BCUT2D eigenvalue weighted by Gasteiger charge is 2.23. The highest BCUT2D eigenvalue weighted by atomic mass is 79.9. The molecule has 2 N–H and O–H groups in total. The third-order valence-electron chi connectivity index (χ3n) is 3.50. The van der Waals surface area contributed by atoms with Gasteiger partial charge >= 0.3 is 0 Å². The van der Waals surface area contributed by atoms with E-state index in [9.17, 15) is 5.11 Å². The second kappa shape index (κ2) is 5.19. The van der Waals surface area contributed by atoms with E-state index in [2.05, 4.69) is 28.2 Å². The number of rotatable bonds is 4. The van der Waals surface area contributed by atoms with Gasteiger partial charge in [-0.3, -0.25) is 0 Å². The van der Waals surface area contributed by atoms with Crippen molar-refractivity contribution in [2.45, 2.75) is 38.8 Å². The lowest BCUT2D eigenvalue weighted by molar-refractivity contribution is 0.240. The topological polar surface area (TPSA) is 32.3 Å². The van der Waals surface area contributed by atoms with Crippen LogP contribution in [0, 0.1) is 5.92 Å². The molecule has 0 heterocycles. The van der Waals surface area contributed by atoms with Gasteiger partial charge in [-0.25, -0.2) is 0 Å². The quantitative estimate of drug-likeness (QED) is 0.887. The molecule has 0 radical (unpaired) electrons. The second-order valence-corrected chi connectivity index (χ2v) is 5.49. The summed E-state index contributed by atoms with van der Waals surface area (Å²) in [6.07, 6.45) is 4.09. The molecule has 1 unspecified atom stereocenters. The molecule has 88 valence electrons. The smallest absolute Gasteiger partial charge is 0.115 e. The summed E-state index contributed by atoms with van der Waals surface area (Å²) in [5.41, 5.74) is 1.12. The van der Waals surface area contributed by atoms with Crippen LogP contribution in [-0.4, -0.2) is 11.1 Å². The molecule has 0 aromatic heterocycles.